The Hall–Kier alpha value is -1.10. The quantitative estimate of drug-likeness (QED) is 0.657. The molecule has 0 aliphatic heterocycles. The van der Waals surface area contributed by atoms with Gasteiger partial charge in [-0.2, -0.15) is 0 Å². The number of aryl methyl sites for hydroxylation is 1. The molecule has 1 saturated carbocycles. The van der Waals surface area contributed by atoms with Crippen LogP contribution in [0.2, 0.25) is 0 Å². The van der Waals surface area contributed by atoms with Crippen LogP contribution in [0.4, 0.5) is 0 Å². The predicted molar refractivity (Wildman–Crippen MR) is 88.3 cm³/mol. The van der Waals surface area contributed by atoms with Crippen LogP contribution in [-0.2, 0) is 11.1 Å². The van der Waals surface area contributed by atoms with Crippen LogP contribution >= 0.6 is 0 Å². The minimum Gasteiger partial charge on any atom is -0.491 e. The van der Waals surface area contributed by atoms with E-state index in [0.29, 0.717) is 0 Å². The third kappa shape index (κ3) is 7.25. The van der Waals surface area contributed by atoms with E-state index in [9.17, 15) is 5.11 Å². The lowest BCUT2D eigenvalue weighted by Crippen LogP contribution is -2.35. The second-order valence-electron chi connectivity index (χ2n) is 4.77. The maximum absolute atomic E-state index is 10.2. The van der Waals surface area contributed by atoms with E-state index < -0.39 is 62.9 Å². The van der Waals surface area contributed by atoms with Crippen molar-refractivity contribution < 1.29 is 33.8 Å². The van der Waals surface area contributed by atoms with Crippen LogP contribution in [0.1, 0.15) is 51.3 Å². The van der Waals surface area contributed by atoms with E-state index >= 15 is 0 Å². The second kappa shape index (κ2) is 9.13. The summed E-state index contributed by atoms with van der Waals surface area (Å²) < 4.78 is 120. The fourth-order valence-electron chi connectivity index (χ4n) is 1.30. The van der Waals surface area contributed by atoms with Crippen molar-refractivity contribution in [1.82, 2.24) is 5.32 Å². The van der Waals surface area contributed by atoms with E-state index in [1.165, 1.54) is 0 Å². The van der Waals surface area contributed by atoms with Crippen molar-refractivity contribution in [3.8, 4) is 5.75 Å². The normalized spacial score (nSPS) is 35.5. The average Bonchev–Trinajstić information content (AvgIpc) is 3.03. The maximum Gasteiger partial charge on any atom is 0.119 e. The molecule has 2 N–H and O–H groups in total. The maximum atomic E-state index is 10.2. The van der Waals surface area contributed by atoms with Gasteiger partial charge in [-0.05, 0) is 42.7 Å². The molecular weight excluding hydrogens is 278 g/mol. The van der Waals surface area contributed by atoms with Crippen LogP contribution in [0, 0.1) is 5.89 Å². The van der Waals surface area contributed by atoms with Crippen molar-refractivity contribution in [1.29, 1.82) is 0 Å². The van der Waals surface area contributed by atoms with Crippen LogP contribution in [-0.4, -0.2) is 43.5 Å². The molecule has 1 aromatic rings. The molecule has 0 heterocycles. The van der Waals surface area contributed by atoms with Gasteiger partial charge in [-0.3, -0.25) is 0 Å². The van der Waals surface area contributed by atoms with Crippen LogP contribution in [0.25, 0.3) is 0 Å². The number of benzene rings is 1. The molecule has 1 aromatic carbocycles. The van der Waals surface area contributed by atoms with Gasteiger partial charge in [0, 0.05) is 28.7 Å². The van der Waals surface area contributed by atoms with Crippen molar-refractivity contribution >= 4 is 0 Å². The van der Waals surface area contributed by atoms with Crippen LogP contribution in [0.5, 0.6) is 5.75 Å². The summed E-state index contributed by atoms with van der Waals surface area (Å²) in [7, 11) is 0. The van der Waals surface area contributed by atoms with Gasteiger partial charge in [0.1, 0.15) is 18.4 Å². The molecule has 4 nitrogen and oxygen atoms in total. The average molecular weight is 322 g/mol. The molecular formula is C18H29NO3. The number of nitrogens with one attached hydrogen (secondary N) is 1. The summed E-state index contributed by atoms with van der Waals surface area (Å²) in [6.45, 7) is -7.00. The lowest BCUT2D eigenvalue weighted by atomic mass is 10.1. The fraction of sp³-hybridized carbons (Fsp3) is 0.667. The first-order valence-electron chi connectivity index (χ1n) is 13.8. The van der Waals surface area contributed by atoms with Gasteiger partial charge in [0.2, 0.25) is 0 Å². The lowest BCUT2D eigenvalue weighted by molar-refractivity contribution is 0.104. The summed E-state index contributed by atoms with van der Waals surface area (Å²) in [6, 6.07) is 3.87. The van der Waals surface area contributed by atoms with Crippen molar-refractivity contribution in [3.05, 3.63) is 29.8 Å². The zero-order chi connectivity index (χ0) is 28.4. The Labute approximate surface area is 153 Å². The minimum atomic E-state index is -3.57. The predicted octanol–water partition coefficient (Wildman–Crippen LogP) is 2.39. The highest BCUT2D eigenvalue weighted by Crippen LogP contribution is 2.28. The fourth-order valence-corrected chi connectivity index (χ4v) is 1.30. The highest BCUT2D eigenvalue weighted by Gasteiger charge is 2.20. The van der Waals surface area contributed by atoms with Crippen molar-refractivity contribution in [3.63, 3.8) is 0 Å². The largest absolute Gasteiger partial charge is 0.491 e. The third-order valence-electron chi connectivity index (χ3n) is 2.47. The van der Waals surface area contributed by atoms with Crippen molar-refractivity contribution in [2.45, 2.75) is 45.1 Å². The highest BCUT2D eigenvalue weighted by molar-refractivity contribution is 5.27. The highest BCUT2D eigenvalue weighted by atomic mass is 16.5. The van der Waals surface area contributed by atoms with E-state index in [-0.39, 0.29) is 11.8 Å². The molecule has 0 bridgehead atoms. The Morgan fingerprint density at radius 1 is 1.45 bits per heavy atom. The first-order chi connectivity index (χ1) is 15.8. The smallest absolute Gasteiger partial charge is 0.119 e. The zero-order valence-electron chi connectivity index (χ0n) is 26.4. The van der Waals surface area contributed by atoms with Gasteiger partial charge in [-0.15, -0.1) is 0 Å². The van der Waals surface area contributed by atoms with Gasteiger partial charge >= 0.3 is 0 Å². The molecule has 1 fully saturated rings. The molecule has 0 saturated heterocycles. The standard InChI is InChI=1S/C18H29NO3/c1-14(2)19-11-17(20)13-22-18-7-5-15(6-8-18)9-10-21-12-16-3-4-16/h5-8,14,16-17,19-20H,3-4,9-13H2,1-2H3/i3D2,4D2,9D2,10D2,12D2,13D2,16D,17D. The Bertz CT molecular complexity index is 935. The molecule has 0 spiro atoms. The molecule has 1 aliphatic carbocycles. The molecule has 0 radical (unpaired) electrons. The summed E-state index contributed by atoms with van der Waals surface area (Å²) in [4.78, 5) is 0. The number of rotatable bonds is 11. The van der Waals surface area contributed by atoms with E-state index in [4.69, 9.17) is 23.9 Å². The zero-order valence-corrected chi connectivity index (χ0v) is 12.4. The number of ether oxygens (including phenoxy) is 2. The van der Waals surface area contributed by atoms with E-state index in [1.54, 1.807) is 13.8 Å². The number of hydrogen-bond donors (Lipinski definition) is 2. The first-order valence-corrected chi connectivity index (χ1v) is 6.76. The molecule has 22 heavy (non-hydrogen) atoms. The molecule has 124 valence electrons. The molecule has 0 aromatic heterocycles. The summed E-state index contributed by atoms with van der Waals surface area (Å²) in [5, 5.41) is 12.9. The van der Waals surface area contributed by atoms with Gasteiger partial charge in [0.15, 0.2) is 0 Å². The van der Waals surface area contributed by atoms with Crippen molar-refractivity contribution in [2.75, 3.05) is 26.2 Å². The van der Waals surface area contributed by atoms with E-state index in [2.05, 4.69) is 10.1 Å². The Balaban J connectivity index is 2.24. The van der Waals surface area contributed by atoms with E-state index in [1.807, 2.05) is 0 Å². The topological polar surface area (TPSA) is 50.7 Å². The first kappa shape index (κ1) is 6.42. The molecule has 1 aliphatic rings. The van der Waals surface area contributed by atoms with Gasteiger partial charge in [-0.25, -0.2) is 0 Å². The molecule has 1 unspecified atom stereocenters. The van der Waals surface area contributed by atoms with Gasteiger partial charge in [-0.1, -0.05) is 26.0 Å². The lowest BCUT2D eigenvalue weighted by Gasteiger charge is -2.15. The van der Waals surface area contributed by atoms with Crippen LogP contribution < -0.4 is 10.1 Å². The molecule has 1 atom stereocenters. The number of hydrogen-bond acceptors (Lipinski definition) is 4. The minimum absolute atomic E-state index is 0.148. The van der Waals surface area contributed by atoms with Gasteiger partial charge in [0.05, 0.1) is 16.2 Å². The van der Waals surface area contributed by atoms with Crippen LogP contribution in [0.3, 0.4) is 0 Å². The third-order valence-corrected chi connectivity index (χ3v) is 2.47. The SMILES string of the molecule is [2H]C(O)(CNC(C)C)C([2H])([2H])Oc1ccc(C([2H])([2H])C([2H])([2H])OC([2H])([2H])C2([2H])C([2H])([2H])C2([2H])[2H])cc1. The van der Waals surface area contributed by atoms with E-state index in [0.717, 1.165) is 24.3 Å². The number of aliphatic hydroxyl groups is 1. The monoisotopic (exact) mass is 321 g/mol. The molecule has 2 rings (SSSR count). The molecule has 0 amide bonds. The van der Waals surface area contributed by atoms with Crippen LogP contribution in [0.15, 0.2) is 24.3 Å². The Morgan fingerprint density at radius 2 is 2.18 bits per heavy atom. The second-order valence-corrected chi connectivity index (χ2v) is 4.77. The van der Waals surface area contributed by atoms with Crippen molar-refractivity contribution in [2.24, 2.45) is 5.89 Å². The summed E-state index contributed by atoms with van der Waals surface area (Å²) in [6.07, 6.45) is -11.9. The Morgan fingerprint density at radius 3 is 2.82 bits per heavy atom. The van der Waals surface area contributed by atoms with Gasteiger partial charge < -0.3 is 19.9 Å². The van der Waals surface area contributed by atoms with Gasteiger partial charge in [0.25, 0.3) is 0 Å². The Kier molecular flexibility index (Phi) is 2.67. The summed E-state index contributed by atoms with van der Waals surface area (Å²) in [5.74, 6) is -3.40. The summed E-state index contributed by atoms with van der Waals surface area (Å²) in [5.41, 5.74) is -0.431. The summed E-state index contributed by atoms with van der Waals surface area (Å²) >= 11 is 0. The molecule has 4 heteroatoms.